The summed E-state index contributed by atoms with van der Waals surface area (Å²) >= 11 is 5.58. The number of rotatable bonds is 3. The van der Waals surface area contributed by atoms with Gasteiger partial charge in [0.1, 0.15) is 11.9 Å². The second kappa shape index (κ2) is 5.09. The highest BCUT2D eigenvalue weighted by molar-refractivity contribution is 6.30. The first-order valence-electron chi connectivity index (χ1n) is 4.32. The van der Waals surface area contributed by atoms with Crippen molar-refractivity contribution in [3.05, 3.63) is 34.6 Å². The molecule has 0 fully saturated rings. The molecule has 0 aliphatic rings. The number of esters is 1. The largest absolute Gasteiger partial charge is 0.468 e. The maximum absolute atomic E-state index is 12.8. The zero-order valence-corrected chi connectivity index (χ0v) is 8.92. The van der Waals surface area contributed by atoms with Crippen LogP contribution in [0.2, 0.25) is 5.02 Å². The summed E-state index contributed by atoms with van der Waals surface area (Å²) < 4.78 is 17.3. The van der Waals surface area contributed by atoms with Crippen LogP contribution in [0.3, 0.4) is 0 Å². The SMILES string of the molecule is COC(=O)[C@@H](N)Cc1ccc(F)c(Cl)c1. The molecule has 15 heavy (non-hydrogen) atoms. The summed E-state index contributed by atoms with van der Waals surface area (Å²) in [5, 5.41) is 0.0181. The summed E-state index contributed by atoms with van der Waals surface area (Å²) in [6.45, 7) is 0. The van der Waals surface area contributed by atoms with Crippen LogP contribution in [0.4, 0.5) is 4.39 Å². The van der Waals surface area contributed by atoms with Gasteiger partial charge in [-0.2, -0.15) is 0 Å². The minimum atomic E-state index is -0.753. The zero-order chi connectivity index (χ0) is 11.4. The predicted molar refractivity (Wildman–Crippen MR) is 55.1 cm³/mol. The second-order valence-corrected chi connectivity index (χ2v) is 3.49. The Balaban J connectivity index is 2.73. The molecule has 5 heteroatoms. The van der Waals surface area contributed by atoms with Crippen LogP contribution in [-0.2, 0) is 16.0 Å². The van der Waals surface area contributed by atoms with E-state index in [4.69, 9.17) is 17.3 Å². The Morgan fingerprint density at radius 2 is 2.33 bits per heavy atom. The van der Waals surface area contributed by atoms with Gasteiger partial charge in [0.15, 0.2) is 0 Å². The second-order valence-electron chi connectivity index (χ2n) is 3.08. The maximum atomic E-state index is 12.8. The number of carbonyl (C=O) groups excluding carboxylic acids is 1. The Morgan fingerprint density at radius 1 is 1.67 bits per heavy atom. The molecule has 0 amide bonds. The molecule has 1 aromatic rings. The average Bonchev–Trinajstić information content (AvgIpc) is 2.22. The lowest BCUT2D eigenvalue weighted by Gasteiger charge is -2.09. The summed E-state index contributed by atoms with van der Waals surface area (Å²) in [7, 11) is 1.26. The van der Waals surface area contributed by atoms with Crippen molar-refractivity contribution in [3.8, 4) is 0 Å². The van der Waals surface area contributed by atoms with E-state index in [1.807, 2.05) is 0 Å². The van der Waals surface area contributed by atoms with Gasteiger partial charge in [0.25, 0.3) is 0 Å². The lowest BCUT2D eigenvalue weighted by molar-refractivity contribution is -0.142. The Labute approximate surface area is 92.0 Å². The van der Waals surface area contributed by atoms with E-state index < -0.39 is 17.8 Å². The van der Waals surface area contributed by atoms with E-state index in [-0.39, 0.29) is 11.4 Å². The molecule has 0 aliphatic heterocycles. The molecule has 0 unspecified atom stereocenters. The van der Waals surface area contributed by atoms with Crippen molar-refractivity contribution in [2.24, 2.45) is 5.73 Å². The molecule has 0 bridgehead atoms. The lowest BCUT2D eigenvalue weighted by Crippen LogP contribution is -2.33. The first-order valence-corrected chi connectivity index (χ1v) is 4.69. The number of methoxy groups -OCH3 is 1. The van der Waals surface area contributed by atoms with Crippen molar-refractivity contribution in [3.63, 3.8) is 0 Å². The molecule has 0 aliphatic carbocycles. The minimum Gasteiger partial charge on any atom is -0.468 e. The number of hydrogen-bond acceptors (Lipinski definition) is 3. The molecule has 0 radical (unpaired) electrons. The molecular formula is C10H11ClFNO2. The van der Waals surface area contributed by atoms with Crippen molar-refractivity contribution in [2.75, 3.05) is 7.11 Å². The van der Waals surface area contributed by atoms with Crippen molar-refractivity contribution in [1.29, 1.82) is 0 Å². The highest BCUT2D eigenvalue weighted by Crippen LogP contribution is 2.16. The molecule has 2 N–H and O–H groups in total. The van der Waals surface area contributed by atoms with Crippen molar-refractivity contribution in [2.45, 2.75) is 12.5 Å². The third-order valence-corrected chi connectivity index (χ3v) is 2.23. The van der Waals surface area contributed by atoms with Crippen molar-refractivity contribution < 1.29 is 13.9 Å². The number of carbonyl (C=O) groups is 1. The van der Waals surface area contributed by atoms with Crippen molar-refractivity contribution in [1.82, 2.24) is 0 Å². The number of ether oxygens (including phenoxy) is 1. The van der Waals surface area contributed by atoms with Crippen LogP contribution in [0.5, 0.6) is 0 Å². The topological polar surface area (TPSA) is 52.3 Å². The van der Waals surface area contributed by atoms with E-state index in [0.717, 1.165) is 0 Å². The van der Waals surface area contributed by atoms with Crippen molar-refractivity contribution >= 4 is 17.6 Å². The Bertz CT molecular complexity index is 370. The number of benzene rings is 1. The van der Waals surface area contributed by atoms with Gasteiger partial charge in [-0.1, -0.05) is 17.7 Å². The minimum absolute atomic E-state index is 0.0181. The quantitative estimate of drug-likeness (QED) is 0.803. The van der Waals surface area contributed by atoms with Crippen LogP contribution < -0.4 is 5.73 Å². The van der Waals surface area contributed by atoms with Gasteiger partial charge in [0.05, 0.1) is 12.1 Å². The molecule has 1 atom stereocenters. The fourth-order valence-corrected chi connectivity index (χ4v) is 1.36. The number of halogens is 2. The van der Waals surface area contributed by atoms with E-state index in [9.17, 15) is 9.18 Å². The first-order chi connectivity index (χ1) is 7.04. The lowest BCUT2D eigenvalue weighted by atomic mass is 10.1. The summed E-state index contributed by atoms with van der Waals surface area (Å²) in [5.41, 5.74) is 6.23. The van der Waals surface area contributed by atoms with E-state index in [1.54, 1.807) is 0 Å². The van der Waals surface area contributed by atoms with Gasteiger partial charge in [-0.15, -0.1) is 0 Å². The van der Waals surface area contributed by atoms with Gasteiger partial charge in [0.2, 0.25) is 0 Å². The Kier molecular flexibility index (Phi) is 4.05. The highest BCUT2D eigenvalue weighted by atomic mass is 35.5. The van der Waals surface area contributed by atoms with Gasteiger partial charge in [-0.25, -0.2) is 4.39 Å². The van der Waals surface area contributed by atoms with Gasteiger partial charge in [-0.3, -0.25) is 4.79 Å². The molecule has 0 aromatic heterocycles. The standard InChI is InChI=1S/C10H11ClFNO2/c1-15-10(14)9(13)5-6-2-3-8(12)7(11)4-6/h2-4,9H,5,13H2,1H3/t9-/m0/s1. The molecule has 82 valence electrons. The third kappa shape index (κ3) is 3.18. The van der Waals surface area contributed by atoms with E-state index in [1.165, 1.54) is 25.3 Å². The molecule has 3 nitrogen and oxygen atoms in total. The Morgan fingerprint density at radius 3 is 2.87 bits per heavy atom. The van der Waals surface area contributed by atoms with Gasteiger partial charge >= 0.3 is 5.97 Å². The maximum Gasteiger partial charge on any atom is 0.322 e. The summed E-state index contributed by atoms with van der Waals surface area (Å²) in [4.78, 5) is 11.0. The van der Waals surface area contributed by atoms with Gasteiger partial charge in [-0.05, 0) is 24.1 Å². The van der Waals surface area contributed by atoms with Crippen LogP contribution in [-0.4, -0.2) is 19.1 Å². The van der Waals surface area contributed by atoms with Gasteiger partial charge < -0.3 is 10.5 Å². The van der Waals surface area contributed by atoms with Crippen LogP contribution >= 0.6 is 11.6 Å². The third-order valence-electron chi connectivity index (χ3n) is 1.94. The predicted octanol–water partition coefficient (Wildman–Crippen LogP) is 1.52. The smallest absolute Gasteiger partial charge is 0.322 e. The van der Waals surface area contributed by atoms with E-state index in [0.29, 0.717) is 5.56 Å². The van der Waals surface area contributed by atoms with Gasteiger partial charge in [0, 0.05) is 0 Å². The van der Waals surface area contributed by atoms with E-state index in [2.05, 4.69) is 4.74 Å². The van der Waals surface area contributed by atoms with Crippen LogP contribution in [0.1, 0.15) is 5.56 Å². The number of hydrogen-bond donors (Lipinski definition) is 1. The fourth-order valence-electron chi connectivity index (χ4n) is 1.16. The molecule has 0 heterocycles. The number of nitrogens with two attached hydrogens (primary N) is 1. The summed E-state index contributed by atoms with van der Waals surface area (Å²) in [6, 6.07) is 3.46. The molecular weight excluding hydrogens is 221 g/mol. The molecule has 1 rings (SSSR count). The summed E-state index contributed by atoms with van der Waals surface area (Å²) in [5.74, 6) is -0.998. The fraction of sp³-hybridized carbons (Fsp3) is 0.300. The van der Waals surface area contributed by atoms with Crippen LogP contribution in [0, 0.1) is 5.82 Å². The molecule has 0 saturated heterocycles. The molecule has 0 saturated carbocycles. The van der Waals surface area contributed by atoms with E-state index >= 15 is 0 Å². The Hall–Kier alpha value is -1.13. The van der Waals surface area contributed by atoms with Crippen LogP contribution in [0.25, 0.3) is 0 Å². The highest BCUT2D eigenvalue weighted by Gasteiger charge is 2.14. The average molecular weight is 232 g/mol. The monoisotopic (exact) mass is 231 g/mol. The first kappa shape index (κ1) is 11.9. The zero-order valence-electron chi connectivity index (χ0n) is 8.17. The molecule has 0 spiro atoms. The van der Waals surface area contributed by atoms with Crippen LogP contribution in [0.15, 0.2) is 18.2 Å². The molecule has 1 aromatic carbocycles. The normalized spacial score (nSPS) is 12.3. The summed E-state index contributed by atoms with van der Waals surface area (Å²) in [6.07, 6.45) is 0.271.